The molecule has 1 rings (SSSR count). The minimum Gasteiger partial charge on any atom is -0.465 e. The van der Waals surface area contributed by atoms with Gasteiger partial charge in [0.2, 0.25) is 5.91 Å². The standard InChI is InChI=1S/C12H16N2O4/c1-7-5-12(11(16)17-4,14-9(3)15)18-10(6-13)8(7)2/h7H,5H2,1-4H3,(H,14,15)/t7-,12+/m0/s1. The van der Waals surface area contributed by atoms with Gasteiger partial charge in [0.05, 0.1) is 7.11 Å². The van der Waals surface area contributed by atoms with Crippen LogP contribution in [0.5, 0.6) is 0 Å². The van der Waals surface area contributed by atoms with Crippen LogP contribution >= 0.6 is 0 Å². The van der Waals surface area contributed by atoms with Gasteiger partial charge in [-0.15, -0.1) is 0 Å². The average molecular weight is 252 g/mol. The molecule has 0 radical (unpaired) electrons. The predicted octanol–water partition coefficient (Wildman–Crippen LogP) is 0.846. The molecule has 1 aliphatic rings. The van der Waals surface area contributed by atoms with Crippen LogP contribution in [0.4, 0.5) is 0 Å². The topological polar surface area (TPSA) is 88.4 Å². The molecular weight excluding hydrogens is 236 g/mol. The first-order valence-corrected chi connectivity index (χ1v) is 5.53. The van der Waals surface area contributed by atoms with Crippen LogP contribution in [-0.2, 0) is 19.1 Å². The Bertz CT molecular complexity index is 449. The van der Waals surface area contributed by atoms with Crippen molar-refractivity contribution in [1.82, 2.24) is 5.32 Å². The van der Waals surface area contributed by atoms with Gasteiger partial charge in [0.15, 0.2) is 5.76 Å². The van der Waals surface area contributed by atoms with Crippen molar-refractivity contribution in [3.05, 3.63) is 11.3 Å². The number of allylic oxidation sites excluding steroid dienone is 2. The van der Waals surface area contributed by atoms with Gasteiger partial charge in [0, 0.05) is 13.3 Å². The number of nitrogens with one attached hydrogen (secondary N) is 1. The number of amides is 1. The Balaban J connectivity index is 3.20. The molecule has 1 heterocycles. The Morgan fingerprint density at radius 2 is 2.22 bits per heavy atom. The highest BCUT2D eigenvalue weighted by Crippen LogP contribution is 2.34. The zero-order chi connectivity index (χ0) is 13.9. The summed E-state index contributed by atoms with van der Waals surface area (Å²) in [6.07, 6.45) is 0.232. The predicted molar refractivity (Wildman–Crippen MR) is 61.7 cm³/mol. The van der Waals surface area contributed by atoms with Gasteiger partial charge in [-0.25, -0.2) is 4.79 Å². The number of nitriles is 1. The largest absolute Gasteiger partial charge is 0.465 e. The Morgan fingerprint density at radius 1 is 1.61 bits per heavy atom. The molecule has 6 nitrogen and oxygen atoms in total. The Morgan fingerprint density at radius 3 is 2.67 bits per heavy atom. The van der Waals surface area contributed by atoms with Gasteiger partial charge in [-0.2, -0.15) is 5.26 Å². The number of esters is 1. The number of carbonyl (C=O) groups is 2. The molecule has 2 atom stereocenters. The smallest absolute Gasteiger partial charge is 0.372 e. The molecular formula is C12H16N2O4. The number of hydrogen-bond acceptors (Lipinski definition) is 5. The average Bonchev–Trinajstić information content (AvgIpc) is 2.31. The minimum absolute atomic E-state index is 0.0490. The summed E-state index contributed by atoms with van der Waals surface area (Å²) < 4.78 is 10.0. The Hall–Kier alpha value is -2.03. The van der Waals surface area contributed by atoms with E-state index in [1.807, 2.05) is 13.0 Å². The lowest BCUT2D eigenvalue weighted by molar-refractivity contribution is -0.175. The lowest BCUT2D eigenvalue weighted by Crippen LogP contribution is -2.58. The van der Waals surface area contributed by atoms with Crippen molar-refractivity contribution in [2.75, 3.05) is 7.11 Å². The van der Waals surface area contributed by atoms with Crippen LogP contribution in [0.2, 0.25) is 0 Å². The number of nitrogens with zero attached hydrogens (tertiary/aromatic N) is 1. The third-order valence-corrected chi connectivity index (χ3v) is 2.96. The highest BCUT2D eigenvalue weighted by Gasteiger charge is 2.48. The molecule has 1 N–H and O–H groups in total. The minimum atomic E-state index is -1.61. The molecule has 1 aliphatic heterocycles. The second kappa shape index (κ2) is 5.08. The monoisotopic (exact) mass is 252 g/mol. The van der Waals surface area contributed by atoms with Crippen LogP contribution in [0.15, 0.2) is 11.3 Å². The van der Waals surface area contributed by atoms with Crippen LogP contribution in [0, 0.1) is 17.2 Å². The van der Waals surface area contributed by atoms with Crippen molar-refractivity contribution in [2.24, 2.45) is 5.92 Å². The van der Waals surface area contributed by atoms with Gasteiger partial charge < -0.3 is 14.8 Å². The van der Waals surface area contributed by atoms with E-state index in [4.69, 9.17) is 10.00 Å². The second-order valence-corrected chi connectivity index (χ2v) is 4.33. The van der Waals surface area contributed by atoms with E-state index in [1.165, 1.54) is 14.0 Å². The molecule has 6 heteroatoms. The van der Waals surface area contributed by atoms with Crippen molar-refractivity contribution in [2.45, 2.75) is 32.9 Å². The summed E-state index contributed by atoms with van der Waals surface area (Å²) in [5, 5.41) is 11.4. The molecule has 98 valence electrons. The molecule has 0 saturated heterocycles. The van der Waals surface area contributed by atoms with Crippen molar-refractivity contribution >= 4 is 11.9 Å². The van der Waals surface area contributed by atoms with Crippen LogP contribution < -0.4 is 5.32 Å². The maximum absolute atomic E-state index is 11.8. The van der Waals surface area contributed by atoms with E-state index < -0.39 is 17.6 Å². The van der Waals surface area contributed by atoms with Gasteiger partial charge in [-0.1, -0.05) is 6.92 Å². The molecule has 0 unspecified atom stereocenters. The quantitative estimate of drug-likeness (QED) is 0.736. The van der Waals surface area contributed by atoms with Crippen LogP contribution in [-0.4, -0.2) is 24.7 Å². The Kier molecular flexibility index (Phi) is 3.96. The number of hydrogen-bond donors (Lipinski definition) is 1. The van der Waals surface area contributed by atoms with Gasteiger partial charge >= 0.3 is 5.97 Å². The van der Waals surface area contributed by atoms with E-state index in [0.717, 1.165) is 5.57 Å². The zero-order valence-electron chi connectivity index (χ0n) is 10.9. The molecule has 0 fully saturated rings. The van der Waals surface area contributed by atoms with E-state index in [-0.39, 0.29) is 18.1 Å². The van der Waals surface area contributed by atoms with Crippen molar-refractivity contribution < 1.29 is 19.1 Å². The zero-order valence-corrected chi connectivity index (χ0v) is 10.9. The lowest BCUT2D eigenvalue weighted by atomic mass is 9.88. The molecule has 1 amide bonds. The summed E-state index contributed by atoms with van der Waals surface area (Å²) >= 11 is 0. The second-order valence-electron chi connectivity index (χ2n) is 4.33. The Labute approximate surface area is 106 Å². The molecule has 0 aromatic rings. The normalized spacial score (nSPS) is 26.9. The van der Waals surface area contributed by atoms with Crippen molar-refractivity contribution in [3.8, 4) is 6.07 Å². The summed E-state index contributed by atoms with van der Waals surface area (Å²) in [6, 6.07) is 1.89. The SMILES string of the molecule is COC(=O)[C@@]1(NC(C)=O)C[C@H](C)C(C)=C(C#N)O1. The first-order valence-electron chi connectivity index (χ1n) is 5.53. The van der Waals surface area contributed by atoms with Gasteiger partial charge in [-0.05, 0) is 18.4 Å². The third-order valence-electron chi connectivity index (χ3n) is 2.96. The summed E-state index contributed by atoms with van der Waals surface area (Å²) in [5.41, 5.74) is -0.854. The number of methoxy groups -OCH3 is 1. The summed E-state index contributed by atoms with van der Waals surface area (Å²) in [4.78, 5) is 23.1. The van der Waals surface area contributed by atoms with Crippen molar-refractivity contribution in [1.29, 1.82) is 5.26 Å². The van der Waals surface area contributed by atoms with E-state index in [2.05, 4.69) is 10.1 Å². The maximum atomic E-state index is 11.8. The molecule has 0 bridgehead atoms. The van der Waals surface area contributed by atoms with Gasteiger partial charge in [-0.3, -0.25) is 4.79 Å². The summed E-state index contributed by atoms with van der Waals surface area (Å²) in [7, 11) is 1.21. The van der Waals surface area contributed by atoms with Crippen LogP contribution in [0.1, 0.15) is 27.2 Å². The van der Waals surface area contributed by atoms with E-state index in [9.17, 15) is 9.59 Å². The fourth-order valence-electron chi connectivity index (χ4n) is 1.92. The molecule has 0 spiro atoms. The fourth-order valence-corrected chi connectivity index (χ4v) is 1.92. The highest BCUT2D eigenvalue weighted by atomic mass is 16.6. The molecule has 0 saturated carbocycles. The number of ether oxygens (including phenoxy) is 2. The van der Waals surface area contributed by atoms with E-state index in [1.54, 1.807) is 6.92 Å². The van der Waals surface area contributed by atoms with Crippen LogP contribution in [0.25, 0.3) is 0 Å². The summed E-state index contributed by atoms with van der Waals surface area (Å²) in [5.74, 6) is -1.17. The molecule has 0 aromatic carbocycles. The van der Waals surface area contributed by atoms with Crippen LogP contribution in [0.3, 0.4) is 0 Å². The first kappa shape index (κ1) is 14.0. The van der Waals surface area contributed by atoms with Crippen molar-refractivity contribution in [3.63, 3.8) is 0 Å². The molecule has 0 aliphatic carbocycles. The maximum Gasteiger partial charge on any atom is 0.372 e. The summed E-state index contributed by atoms with van der Waals surface area (Å²) in [6.45, 7) is 4.89. The number of rotatable bonds is 2. The molecule has 0 aromatic heterocycles. The number of carbonyl (C=O) groups excluding carboxylic acids is 2. The lowest BCUT2D eigenvalue weighted by Gasteiger charge is -2.37. The highest BCUT2D eigenvalue weighted by molar-refractivity contribution is 5.86. The first-order chi connectivity index (χ1) is 8.36. The van der Waals surface area contributed by atoms with E-state index >= 15 is 0 Å². The molecule has 18 heavy (non-hydrogen) atoms. The van der Waals surface area contributed by atoms with Gasteiger partial charge in [0.25, 0.3) is 5.72 Å². The van der Waals surface area contributed by atoms with Gasteiger partial charge in [0.1, 0.15) is 6.07 Å². The third kappa shape index (κ3) is 2.45. The van der Waals surface area contributed by atoms with E-state index in [0.29, 0.717) is 0 Å². The fraction of sp³-hybridized carbons (Fsp3) is 0.583.